The Hall–Kier alpha value is -0.350. The van der Waals surface area contributed by atoms with Gasteiger partial charge in [-0.3, -0.25) is 0 Å². The lowest BCUT2D eigenvalue weighted by atomic mass is 10.3. The lowest BCUT2D eigenvalue weighted by Crippen LogP contribution is -2.48. The minimum absolute atomic E-state index is 0.422. The first kappa shape index (κ1) is 12.7. The lowest BCUT2D eigenvalue weighted by molar-refractivity contribution is 0.282. The molecule has 1 rings (SSSR count). The highest BCUT2D eigenvalue weighted by atomic mass is 32.1. The van der Waals surface area contributed by atoms with E-state index in [0.29, 0.717) is 12.1 Å². The third-order valence-corrected chi connectivity index (χ3v) is 3.07. The van der Waals surface area contributed by atoms with Gasteiger partial charge in [-0.05, 0) is 53.0 Å². The number of rotatable bonds is 1. The largest absolute Gasteiger partial charge is 0.360 e. The van der Waals surface area contributed by atoms with Crippen LogP contribution >= 0.6 is 12.2 Å². The highest BCUT2D eigenvalue weighted by Crippen LogP contribution is 2.08. The predicted molar refractivity (Wildman–Crippen MR) is 69.2 cm³/mol. The number of hydrogen-bond acceptors (Lipinski definition) is 2. The van der Waals surface area contributed by atoms with Crippen LogP contribution in [0, 0.1) is 0 Å². The Morgan fingerprint density at radius 3 is 2.67 bits per heavy atom. The van der Waals surface area contributed by atoms with Gasteiger partial charge in [0.15, 0.2) is 5.11 Å². The second-order valence-corrected chi connectivity index (χ2v) is 5.15. The number of nitrogens with one attached hydrogen (secondary N) is 1. The Labute approximate surface area is 98.8 Å². The van der Waals surface area contributed by atoms with E-state index < -0.39 is 0 Å². The van der Waals surface area contributed by atoms with Crippen molar-refractivity contribution in [2.45, 2.75) is 39.3 Å². The molecule has 1 unspecified atom stereocenters. The summed E-state index contributed by atoms with van der Waals surface area (Å²) in [6, 6.07) is 0.932. The number of likely N-dealkylation sites (N-methyl/N-ethyl adjacent to an activating group) is 1. The van der Waals surface area contributed by atoms with Crippen molar-refractivity contribution in [2.24, 2.45) is 0 Å². The van der Waals surface area contributed by atoms with Crippen molar-refractivity contribution in [2.75, 3.05) is 26.7 Å². The first-order chi connectivity index (χ1) is 7.00. The summed E-state index contributed by atoms with van der Waals surface area (Å²) in [7, 11) is 2.18. The van der Waals surface area contributed by atoms with Gasteiger partial charge in [-0.15, -0.1) is 0 Å². The highest BCUT2D eigenvalue weighted by molar-refractivity contribution is 7.80. The summed E-state index contributed by atoms with van der Waals surface area (Å²) in [6.07, 6.45) is 1.20. The van der Waals surface area contributed by atoms with Crippen LogP contribution in [0.4, 0.5) is 0 Å². The van der Waals surface area contributed by atoms with E-state index in [1.807, 2.05) is 0 Å². The standard InChI is InChI=1S/C11H23N3S/c1-9(2)12-11(15)14-7-5-6-13(4)8-10(14)3/h9-10H,5-8H2,1-4H3,(H,12,15). The zero-order valence-corrected chi connectivity index (χ0v) is 11.1. The van der Waals surface area contributed by atoms with Crippen LogP contribution in [-0.2, 0) is 0 Å². The quantitative estimate of drug-likeness (QED) is 0.683. The molecule has 88 valence electrons. The fourth-order valence-electron chi connectivity index (χ4n) is 2.00. The molecule has 0 aromatic carbocycles. The van der Waals surface area contributed by atoms with Gasteiger partial charge in [0.2, 0.25) is 0 Å². The van der Waals surface area contributed by atoms with Gasteiger partial charge in [0, 0.05) is 25.2 Å². The Kier molecular flexibility index (Phi) is 4.80. The highest BCUT2D eigenvalue weighted by Gasteiger charge is 2.21. The smallest absolute Gasteiger partial charge is 0.169 e. The molecule has 1 aliphatic rings. The lowest BCUT2D eigenvalue weighted by Gasteiger charge is -2.31. The number of thiocarbonyl (C=S) groups is 1. The molecule has 1 heterocycles. The van der Waals surface area contributed by atoms with Crippen molar-refractivity contribution in [1.29, 1.82) is 0 Å². The maximum absolute atomic E-state index is 5.42. The first-order valence-corrected chi connectivity index (χ1v) is 6.17. The molecule has 1 saturated heterocycles. The van der Waals surface area contributed by atoms with Crippen molar-refractivity contribution in [3.05, 3.63) is 0 Å². The molecule has 0 bridgehead atoms. The number of hydrogen-bond donors (Lipinski definition) is 1. The molecule has 3 nitrogen and oxygen atoms in total. The zero-order chi connectivity index (χ0) is 11.4. The Bertz CT molecular complexity index is 218. The maximum Gasteiger partial charge on any atom is 0.169 e. The molecule has 1 atom stereocenters. The second kappa shape index (κ2) is 5.66. The van der Waals surface area contributed by atoms with Crippen molar-refractivity contribution < 1.29 is 0 Å². The summed E-state index contributed by atoms with van der Waals surface area (Å²) < 4.78 is 0. The van der Waals surface area contributed by atoms with E-state index >= 15 is 0 Å². The maximum atomic E-state index is 5.42. The molecule has 15 heavy (non-hydrogen) atoms. The summed E-state index contributed by atoms with van der Waals surface area (Å²) in [4.78, 5) is 4.70. The predicted octanol–water partition coefficient (Wildman–Crippen LogP) is 1.30. The summed E-state index contributed by atoms with van der Waals surface area (Å²) in [5, 5.41) is 4.23. The van der Waals surface area contributed by atoms with Crippen molar-refractivity contribution in [1.82, 2.24) is 15.1 Å². The monoisotopic (exact) mass is 229 g/mol. The van der Waals surface area contributed by atoms with Crippen LogP contribution in [0.2, 0.25) is 0 Å². The molecule has 0 aliphatic carbocycles. The molecular weight excluding hydrogens is 206 g/mol. The van der Waals surface area contributed by atoms with E-state index in [1.54, 1.807) is 0 Å². The van der Waals surface area contributed by atoms with E-state index in [2.05, 4.69) is 42.9 Å². The van der Waals surface area contributed by atoms with Crippen LogP contribution in [-0.4, -0.2) is 53.7 Å². The molecule has 1 N–H and O–H groups in total. The van der Waals surface area contributed by atoms with Crippen LogP contribution in [0.25, 0.3) is 0 Å². The molecular formula is C11H23N3S. The molecule has 1 aliphatic heterocycles. The van der Waals surface area contributed by atoms with Crippen molar-refractivity contribution >= 4 is 17.3 Å². The molecule has 0 aromatic heterocycles. The van der Waals surface area contributed by atoms with Gasteiger partial charge in [-0.2, -0.15) is 0 Å². The van der Waals surface area contributed by atoms with Crippen LogP contribution in [0.3, 0.4) is 0 Å². The van der Waals surface area contributed by atoms with E-state index in [9.17, 15) is 0 Å². The molecule has 0 spiro atoms. The van der Waals surface area contributed by atoms with Crippen LogP contribution < -0.4 is 5.32 Å². The second-order valence-electron chi connectivity index (χ2n) is 4.76. The summed E-state index contributed by atoms with van der Waals surface area (Å²) >= 11 is 5.42. The van der Waals surface area contributed by atoms with Gasteiger partial charge in [0.1, 0.15) is 0 Å². The summed E-state index contributed by atoms with van der Waals surface area (Å²) in [5.74, 6) is 0. The minimum Gasteiger partial charge on any atom is -0.360 e. The van der Waals surface area contributed by atoms with E-state index in [4.69, 9.17) is 12.2 Å². The Balaban J connectivity index is 2.55. The zero-order valence-electron chi connectivity index (χ0n) is 10.3. The van der Waals surface area contributed by atoms with Crippen molar-refractivity contribution in [3.63, 3.8) is 0 Å². The van der Waals surface area contributed by atoms with Crippen molar-refractivity contribution in [3.8, 4) is 0 Å². The molecule has 1 fully saturated rings. The third kappa shape index (κ3) is 3.95. The fourth-order valence-corrected chi connectivity index (χ4v) is 2.51. The average Bonchev–Trinajstić information content (AvgIpc) is 2.25. The Morgan fingerprint density at radius 1 is 1.40 bits per heavy atom. The SMILES string of the molecule is CC(C)NC(=S)N1CCCN(C)CC1C. The van der Waals surface area contributed by atoms with Gasteiger partial charge in [-0.1, -0.05) is 0 Å². The summed E-state index contributed by atoms with van der Waals surface area (Å²) in [5.41, 5.74) is 0. The van der Waals surface area contributed by atoms with E-state index in [1.165, 1.54) is 13.0 Å². The summed E-state index contributed by atoms with van der Waals surface area (Å²) in [6.45, 7) is 9.84. The van der Waals surface area contributed by atoms with Gasteiger partial charge in [0.05, 0.1) is 0 Å². The van der Waals surface area contributed by atoms with Crippen LogP contribution in [0.1, 0.15) is 27.2 Å². The fraction of sp³-hybridized carbons (Fsp3) is 0.909. The molecule has 0 saturated carbocycles. The van der Waals surface area contributed by atoms with Gasteiger partial charge in [0.25, 0.3) is 0 Å². The van der Waals surface area contributed by atoms with Gasteiger partial charge in [-0.25, -0.2) is 0 Å². The average molecular weight is 229 g/mol. The topological polar surface area (TPSA) is 18.5 Å². The molecule has 0 amide bonds. The van der Waals surface area contributed by atoms with E-state index in [0.717, 1.165) is 18.2 Å². The van der Waals surface area contributed by atoms with Gasteiger partial charge < -0.3 is 15.1 Å². The normalized spacial score (nSPS) is 24.1. The van der Waals surface area contributed by atoms with E-state index in [-0.39, 0.29) is 0 Å². The first-order valence-electron chi connectivity index (χ1n) is 5.76. The van der Waals surface area contributed by atoms with Crippen LogP contribution in [0.5, 0.6) is 0 Å². The molecule has 0 aromatic rings. The Morgan fingerprint density at radius 2 is 2.07 bits per heavy atom. The third-order valence-electron chi connectivity index (χ3n) is 2.72. The minimum atomic E-state index is 0.422. The van der Waals surface area contributed by atoms with Crippen LogP contribution in [0.15, 0.2) is 0 Å². The molecule has 0 radical (unpaired) electrons. The van der Waals surface area contributed by atoms with Gasteiger partial charge >= 0.3 is 0 Å². The molecule has 4 heteroatoms. The number of nitrogens with zero attached hydrogens (tertiary/aromatic N) is 2.